The molecule has 0 spiro atoms. The van der Waals surface area contributed by atoms with E-state index in [2.05, 4.69) is 41.5 Å². The van der Waals surface area contributed by atoms with Crippen LogP contribution in [0.5, 0.6) is 0 Å². The second-order valence-electron chi connectivity index (χ2n) is 19.4. The maximum Gasteiger partial charge on any atom is 0.0596 e. The lowest BCUT2D eigenvalue weighted by Crippen LogP contribution is -2.55. The van der Waals surface area contributed by atoms with Crippen molar-refractivity contribution in [1.29, 1.82) is 0 Å². The van der Waals surface area contributed by atoms with Crippen molar-refractivity contribution in [2.45, 2.75) is 156 Å². The van der Waals surface area contributed by atoms with Crippen LogP contribution < -0.4 is 0 Å². The predicted molar refractivity (Wildman–Crippen MR) is 179 cm³/mol. The summed E-state index contributed by atoms with van der Waals surface area (Å²) in [5, 5.41) is 32.1. The Morgan fingerprint density at radius 2 is 0.886 bits per heavy atom. The van der Waals surface area contributed by atoms with Crippen LogP contribution in [0.3, 0.4) is 0 Å². The third kappa shape index (κ3) is 4.20. The van der Waals surface area contributed by atoms with Gasteiger partial charge >= 0.3 is 0 Å². The van der Waals surface area contributed by atoms with E-state index in [-0.39, 0.29) is 23.0 Å². The summed E-state index contributed by atoms with van der Waals surface area (Å²) in [5.74, 6) is 7.34. The summed E-state index contributed by atoms with van der Waals surface area (Å²) in [6.45, 7) is 15.1. The Balaban J connectivity index is 0.970. The highest BCUT2D eigenvalue weighted by atomic mass is 16.3. The molecule has 8 rings (SSSR count). The van der Waals surface area contributed by atoms with Crippen LogP contribution in [0.1, 0.15) is 144 Å². The summed E-state index contributed by atoms with van der Waals surface area (Å²) in [4.78, 5) is 0. The largest absolute Gasteiger partial charge is 0.393 e. The van der Waals surface area contributed by atoms with E-state index in [9.17, 15) is 10.2 Å². The first-order chi connectivity index (χ1) is 20.9. The van der Waals surface area contributed by atoms with Crippen LogP contribution in [-0.4, -0.2) is 33.8 Å². The quantitative estimate of drug-likeness (QED) is 0.293. The van der Waals surface area contributed by atoms with Crippen LogP contribution >= 0.6 is 0 Å². The zero-order chi connectivity index (χ0) is 30.8. The first-order valence-corrected chi connectivity index (χ1v) is 19.4. The molecule has 44 heavy (non-hydrogen) atoms. The first-order valence-electron chi connectivity index (χ1n) is 19.4. The normalized spacial score (nSPS) is 60.2. The van der Waals surface area contributed by atoms with Crippen LogP contribution in [0.15, 0.2) is 10.2 Å². The second-order valence-corrected chi connectivity index (χ2v) is 19.4. The minimum Gasteiger partial charge on any atom is -0.393 e. The minimum atomic E-state index is -0.0722. The molecule has 8 fully saturated rings. The fourth-order valence-electron chi connectivity index (χ4n) is 15.2. The van der Waals surface area contributed by atoms with Gasteiger partial charge in [-0.3, -0.25) is 0 Å². The highest BCUT2D eigenvalue weighted by Crippen LogP contribution is 2.68. The lowest BCUT2D eigenvalue weighted by atomic mass is 9.44. The van der Waals surface area contributed by atoms with Gasteiger partial charge in [-0.2, -0.15) is 10.2 Å². The smallest absolute Gasteiger partial charge is 0.0596 e. The number of hydrogen-bond acceptors (Lipinski definition) is 4. The molecule has 0 bridgehead atoms. The Hall–Kier alpha value is -0.740. The van der Waals surface area contributed by atoms with Crippen molar-refractivity contribution in [2.75, 3.05) is 0 Å². The van der Waals surface area contributed by atoms with Crippen molar-refractivity contribution in [3.8, 4) is 0 Å². The molecule has 0 unspecified atom stereocenters. The molecule has 0 amide bonds. The summed E-state index contributed by atoms with van der Waals surface area (Å²) < 4.78 is 0. The van der Waals surface area contributed by atoms with Crippen molar-refractivity contribution < 1.29 is 10.2 Å². The van der Waals surface area contributed by atoms with E-state index in [4.69, 9.17) is 10.2 Å². The number of rotatable bonds is 1. The number of aliphatic hydroxyl groups excluding tert-OH is 2. The van der Waals surface area contributed by atoms with Gasteiger partial charge in [0, 0.05) is 11.4 Å². The van der Waals surface area contributed by atoms with Crippen LogP contribution in [0, 0.1) is 80.8 Å². The van der Waals surface area contributed by atoms with Gasteiger partial charge in [0.15, 0.2) is 0 Å². The summed E-state index contributed by atoms with van der Waals surface area (Å²) in [6, 6.07) is 0. The molecule has 0 aromatic heterocycles. The van der Waals surface area contributed by atoms with Gasteiger partial charge in [-0.05, 0) is 184 Å². The van der Waals surface area contributed by atoms with E-state index in [1.165, 1.54) is 88.5 Å². The zero-order valence-corrected chi connectivity index (χ0v) is 29.0. The van der Waals surface area contributed by atoms with Crippen molar-refractivity contribution in [3.63, 3.8) is 0 Å². The van der Waals surface area contributed by atoms with Crippen LogP contribution in [0.25, 0.3) is 0 Å². The average Bonchev–Trinajstić information content (AvgIpc) is 3.46. The van der Waals surface area contributed by atoms with Gasteiger partial charge in [0.1, 0.15) is 0 Å². The Morgan fingerprint density at radius 1 is 0.500 bits per heavy atom. The molecule has 246 valence electrons. The molecule has 4 nitrogen and oxygen atoms in total. The van der Waals surface area contributed by atoms with Gasteiger partial charge in [-0.15, -0.1) is 0 Å². The van der Waals surface area contributed by atoms with Crippen molar-refractivity contribution in [2.24, 2.45) is 91.0 Å². The standard InChI is InChI=1S/C40H64N2O2/c1-23-21-39(5)25(7-9-27-29-11-13-35(43)37(29,3)17-15-31(27)39)19-33(23)41-42-34-20-26-8-10-28-30-12-14-36(44)38(30,4)18-16-32(28)40(26,6)22-24(34)2/h23-32,35-36,43-44H,7-22H2,1-6H3/b41-33-,42-34+/t23-,24+,25-,26+,27+,28+,29-,30-,31+,32-,35-,36-,37-,38-,39-,40-/m0/s1. The molecule has 0 heterocycles. The number of nitrogens with zero attached hydrogens (tertiary/aromatic N) is 2. The molecule has 16 atom stereocenters. The van der Waals surface area contributed by atoms with Gasteiger partial charge in [-0.25, -0.2) is 0 Å². The third-order valence-electron chi connectivity index (χ3n) is 17.9. The molecule has 0 aromatic rings. The first kappa shape index (κ1) is 30.6. The molecule has 0 aromatic carbocycles. The molecule has 4 heteroatoms. The molecule has 8 saturated carbocycles. The van der Waals surface area contributed by atoms with E-state index in [1.54, 1.807) is 0 Å². The molecular formula is C40H64N2O2. The number of aliphatic hydroxyl groups is 2. The van der Waals surface area contributed by atoms with Gasteiger partial charge < -0.3 is 10.2 Å². The SMILES string of the molecule is C[C@@H]1C[C@@]2(C)[C@H](CC[C@H]3[C@@H]2CC[C@]2(C)[C@@H](O)CC[C@@H]32)C/C1=N\N=C1\C[C@@H]2CC[C@H]3[C@@H](CC[C@]4(C)[C@@H](O)CC[C@@H]34)[C@@]2(C)C[C@@H]1C. The van der Waals surface area contributed by atoms with Gasteiger partial charge in [-0.1, -0.05) is 41.5 Å². The highest BCUT2D eigenvalue weighted by Gasteiger charge is 2.62. The van der Waals surface area contributed by atoms with Crippen molar-refractivity contribution in [1.82, 2.24) is 0 Å². The molecule has 8 aliphatic rings. The van der Waals surface area contributed by atoms with E-state index >= 15 is 0 Å². The summed E-state index contributed by atoms with van der Waals surface area (Å²) in [7, 11) is 0. The van der Waals surface area contributed by atoms with Crippen LogP contribution in [0.2, 0.25) is 0 Å². The molecule has 8 aliphatic carbocycles. The number of hydrogen-bond donors (Lipinski definition) is 2. The second kappa shape index (κ2) is 10.4. The number of fused-ring (bicyclic) bond motifs is 10. The van der Waals surface area contributed by atoms with E-state index < -0.39 is 0 Å². The van der Waals surface area contributed by atoms with Crippen molar-refractivity contribution in [3.05, 3.63) is 0 Å². The summed E-state index contributed by atoms with van der Waals surface area (Å²) >= 11 is 0. The molecule has 0 radical (unpaired) electrons. The lowest BCUT2D eigenvalue weighted by Gasteiger charge is -2.61. The van der Waals surface area contributed by atoms with Crippen molar-refractivity contribution >= 4 is 11.4 Å². The fraction of sp³-hybridized carbons (Fsp3) is 0.950. The highest BCUT2D eigenvalue weighted by molar-refractivity contribution is 5.91. The van der Waals surface area contributed by atoms with Crippen LogP contribution in [-0.2, 0) is 0 Å². The average molecular weight is 605 g/mol. The topological polar surface area (TPSA) is 65.2 Å². The monoisotopic (exact) mass is 604 g/mol. The summed E-state index contributed by atoms with van der Waals surface area (Å²) in [6.07, 6.45) is 19.8. The third-order valence-corrected chi connectivity index (χ3v) is 17.9. The molecule has 0 saturated heterocycles. The van der Waals surface area contributed by atoms with E-state index in [0.717, 1.165) is 73.0 Å². The van der Waals surface area contributed by atoms with E-state index in [1.807, 2.05) is 0 Å². The summed E-state index contributed by atoms with van der Waals surface area (Å²) in [5.41, 5.74) is 3.99. The molecule has 2 N–H and O–H groups in total. The van der Waals surface area contributed by atoms with Gasteiger partial charge in [0.25, 0.3) is 0 Å². The van der Waals surface area contributed by atoms with Gasteiger partial charge in [0.2, 0.25) is 0 Å². The molecular weight excluding hydrogens is 540 g/mol. The van der Waals surface area contributed by atoms with E-state index in [0.29, 0.717) is 22.7 Å². The zero-order valence-electron chi connectivity index (χ0n) is 29.0. The maximum absolute atomic E-state index is 10.9. The Bertz CT molecular complexity index is 1120. The minimum absolute atomic E-state index is 0.0722. The fourth-order valence-corrected chi connectivity index (χ4v) is 15.2. The Labute approximate surface area is 268 Å². The predicted octanol–water partition coefficient (Wildman–Crippen LogP) is 9.08. The van der Waals surface area contributed by atoms with Crippen LogP contribution in [0.4, 0.5) is 0 Å². The lowest BCUT2D eigenvalue weighted by molar-refractivity contribution is -0.116. The maximum atomic E-state index is 10.9. The Morgan fingerprint density at radius 3 is 1.30 bits per heavy atom. The molecule has 0 aliphatic heterocycles. The Kier molecular flexibility index (Phi) is 7.21. The van der Waals surface area contributed by atoms with Gasteiger partial charge in [0.05, 0.1) is 12.2 Å².